The fourth-order valence-electron chi connectivity index (χ4n) is 3.89. The number of aliphatic hydroxyl groups is 1. The number of aryl methyl sites for hydroxylation is 1. The Morgan fingerprint density at radius 3 is 2.74 bits per heavy atom. The first-order valence-electron chi connectivity index (χ1n) is 9.84. The van der Waals surface area contributed by atoms with Gasteiger partial charge in [0.25, 0.3) is 0 Å². The summed E-state index contributed by atoms with van der Waals surface area (Å²) in [5.41, 5.74) is -1.87. The molecule has 1 aliphatic heterocycles. The molecule has 0 radical (unpaired) electrons. The van der Waals surface area contributed by atoms with Crippen LogP contribution in [0.15, 0.2) is 47.5 Å². The Hall–Kier alpha value is -2.39. The van der Waals surface area contributed by atoms with Crippen molar-refractivity contribution < 1.29 is 22.7 Å². The molecule has 2 N–H and O–H groups in total. The zero-order valence-electron chi connectivity index (χ0n) is 16.7. The molecule has 4 rings (SSSR count). The van der Waals surface area contributed by atoms with E-state index in [0.717, 1.165) is 16.5 Å². The topological polar surface area (TPSA) is 58.0 Å². The number of aromatic nitrogens is 2. The summed E-state index contributed by atoms with van der Waals surface area (Å²) in [6.07, 6.45) is -3.39. The molecule has 2 atom stereocenters. The first-order chi connectivity index (χ1) is 14.7. The smallest absolute Gasteiger partial charge is 0.381 e. The molecule has 1 aromatic heterocycles. The highest BCUT2D eigenvalue weighted by Crippen LogP contribution is 2.45. The van der Waals surface area contributed by atoms with Gasteiger partial charge in [0.15, 0.2) is 5.60 Å². The summed E-state index contributed by atoms with van der Waals surface area (Å²) < 4.78 is 56.1. The van der Waals surface area contributed by atoms with Gasteiger partial charge in [0.2, 0.25) is 0 Å². The van der Waals surface area contributed by atoms with Gasteiger partial charge in [-0.1, -0.05) is 18.2 Å². The highest BCUT2D eigenvalue weighted by atomic mass is 32.2. The Labute approximate surface area is 181 Å². The van der Waals surface area contributed by atoms with Gasteiger partial charge in [-0.05, 0) is 55.2 Å². The summed E-state index contributed by atoms with van der Waals surface area (Å²) >= 11 is 1.61. The van der Waals surface area contributed by atoms with E-state index in [1.165, 1.54) is 12.3 Å². The van der Waals surface area contributed by atoms with Crippen molar-refractivity contribution in [3.8, 4) is 0 Å². The lowest BCUT2D eigenvalue weighted by molar-refractivity contribution is -0.258. The van der Waals surface area contributed by atoms with Crippen LogP contribution in [-0.4, -0.2) is 39.1 Å². The molecule has 2 aromatic carbocycles. The largest absolute Gasteiger partial charge is 0.418 e. The number of alkyl halides is 3. The van der Waals surface area contributed by atoms with E-state index in [-0.39, 0.29) is 16.6 Å². The third-order valence-corrected chi connectivity index (χ3v) is 6.71. The molecule has 31 heavy (non-hydrogen) atoms. The number of hydrogen-bond acceptors (Lipinski definition) is 5. The minimum absolute atomic E-state index is 0.0197. The molecule has 0 bridgehead atoms. The number of benzene rings is 2. The lowest BCUT2D eigenvalue weighted by Crippen LogP contribution is -2.51. The molecule has 1 aliphatic rings. The number of thioether (sulfide) groups is 1. The van der Waals surface area contributed by atoms with Crippen molar-refractivity contribution in [3.05, 3.63) is 59.8 Å². The Bertz CT molecular complexity index is 1110. The molecule has 0 saturated heterocycles. The van der Waals surface area contributed by atoms with Gasteiger partial charge < -0.3 is 10.4 Å². The zero-order valence-corrected chi connectivity index (χ0v) is 17.5. The molecule has 9 heteroatoms. The fourth-order valence-corrected chi connectivity index (χ4v) is 5.09. The van der Waals surface area contributed by atoms with Crippen LogP contribution in [0.3, 0.4) is 0 Å². The zero-order chi connectivity index (χ0) is 22.2. The number of hydrogen-bond donors (Lipinski definition) is 2. The van der Waals surface area contributed by atoms with Crippen LogP contribution in [0.25, 0.3) is 10.9 Å². The van der Waals surface area contributed by atoms with Crippen LogP contribution in [0.2, 0.25) is 0 Å². The number of nitrogens with zero attached hydrogens (tertiary/aromatic N) is 2. The lowest BCUT2D eigenvalue weighted by atomic mass is 9.83. The predicted molar refractivity (Wildman–Crippen MR) is 113 cm³/mol. The molecule has 2 unspecified atom stereocenters. The van der Waals surface area contributed by atoms with E-state index in [4.69, 9.17) is 0 Å². The normalized spacial score (nSPS) is 18.5. The maximum atomic E-state index is 14.1. The number of nitrogens with one attached hydrogen (secondary N) is 1. The molecule has 0 saturated carbocycles. The second-order valence-electron chi connectivity index (χ2n) is 7.73. The molecule has 4 nitrogen and oxygen atoms in total. The molecule has 164 valence electrons. The SMILES string of the molecule is Cc1ncc2c(NCC(O)(CC3CCSc4ccccc43)C(F)(F)F)ccc(F)c2n1. The van der Waals surface area contributed by atoms with Gasteiger partial charge in [-0.2, -0.15) is 13.2 Å². The average molecular weight is 451 g/mol. The molecule has 3 aromatic rings. The van der Waals surface area contributed by atoms with Crippen LogP contribution in [0.1, 0.15) is 30.1 Å². The van der Waals surface area contributed by atoms with E-state index in [1.54, 1.807) is 24.8 Å². The van der Waals surface area contributed by atoms with Crippen LogP contribution < -0.4 is 5.32 Å². The van der Waals surface area contributed by atoms with E-state index in [2.05, 4.69) is 15.3 Å². The van der Waals surface area contributed by atoms with Crippen molar-refractivity contribution in [2.75, 3.05) is 17.6 Å². The number of halogens is 4. The van der Waals surface area contributed by atoms with Crippen molar-refractivity contribution >= 4 is 28.4 Å². The number of anilines is 1. The third-order valence-electron chi connectivity index (χ3n) is 5.59. The minimum atomic E-state index is -4.84. The minimum Gasteiger partial charge on any atom is -0.381 e. The number of fused-ring (bicyclic) bond motifs is 2. The molecule has 0 aliphatic carbocycles. The van der Waals surface area contributed by atoms with Crippen molar-refractivity contribution in [1.82, 2.24) is 9.97 Å². The van der Waals surface area contributed by atoms with E-state index < -0.39 is 36.5 Å². The standard InChI is InChI=1S/C22H21F4N3OS/c1-13-27-11-16-18(7-6-17(23)20(16)29-13)28-12-21(30,22(24,25)26)10-14-8-9-31-19-5-3-2-4-15(14)19/h2-7,11,14,28,30H,8-10,12H2,1H3. The van der Waals surface area contributed by atoms with Crippen molar-refractivity contribution in [2.45, 2.75) is 42.4 Å². The van der Waals surface area contributed by atoms with Gasteiger partial charge in [0.1, 0.15) is 17.2 Å². The second kappa shape index (κ2) is 8.27. The van der Waals surface area contributed by atoms with E-state index in [1.807, 2.05) is 18.2 Å². The van der Waals surface area contributed by atoms with Crippen LogP contribution in [0.5, 0.6) is 0 Å². The summed E-state index contributed by atoms with van der Waals surface area (Å²) in [5, 5.41) is 13.7. The molecule has 0 fully saturated rings. The predicted octanol–water partition coefficient (Wildman–Crippen LogP) is 5.45. The van der Waals surface area contributed by atoms with Gasteiger partial charge in [0.05, 0.1) is 6.54 Å². The molecular weight excluding hydrogens is 430 g/mol. The fraction of sp³-hybridized carbons (Fsp3) is 0.364. The summed E-state index contributed by atoms with van der Waals surface area (Å²) in [6.45, 7) is 0.832. The quantitative estimate of drug-likeness (QED) is 0.505. The second-order valence-corrected chi connectivity index (χ2v) is 8.87. The van der Waals surface area contributed by atoms with E-state index >= 15 is 0 Å². The van der Waals surface area contributed by atoms with E-state index in [9.17, 15) is 22.7 Å². The summed E-state index contributed by atoms with van der Waals surface area (Å²) in [5.74, 6) is 0.0435. The van der Waals surface area contributed by atoms with Crippen LogP contribution in [-0.2, 0) is 0 Å². The van der Waals surface area contributed by atoms with Gasteiger partial charge in [0, 0.05) is 22.2 Å². The maximum absolute atomic E-state index is 14.1. The molecule has 0 spiro atoms. The monoisotopic (exact) mass is 451 g/mol. The van der Waals surface area contributed by atoms with Crippen LogP contribution in [0.4, 0.5) is 23.2 Å². The Balaban J connectivity index is 1.62. The van der Waals surface area contributed by atoms with E-state index in [0.29, 0.717) is 18.0 Å². The molecule has 2 heterocycles. The third kappa shape index (κ3) is 4.34. The first kappa shape index (κ1) is 21.8. The number of rotatable bonds is 5. The van der Waals surface area contributed by atoms with Gasteiger partial charge in [-0.15, -0.1) is 11.8 Å². The van der Waals surface area contributed by atoms with Gasteiger partial charge in [-0.25, -0.2) is 14.4 Å². The highest BCUT2D eigenvalue weighted by molar-refractivity contribution is 7.99. The van der Waals surface area contributed by atoms with Crippen LogP contribution >= 0.6 is 11.8 Å². The summed E-state index contributed by atoms with van der Waals surface area (Å²) in [4.78, 5) is 9.00. The Morgan fingerprint density at radius 2 is 1.97 bits per heavy atom. The average Bonchev–Trinajstić information content (AvgIpc) is 2.73. The maximum Gasteiger partial charge on any atom is 0.418 e. The van der Waals surface area contributed by atoms with Crippen molar-refractivity contribution in [2.24, 2.45) is 0 Å². The summed E-state index contributed by atoms with van der Waals surface area (Å²) in [6, 6.07) is 9.84. The molecule has 0 amide bonds. The van der Waals surface area contributed by atoms with Gasteiger partial charge >= 0.3 is 6.18 Å². The highest BCUT2D eigenvalue weighted by Gasteiger charge is 2.54. The molecular formula is C22H21F4N3OS. The van der Waals surface area contributed by atoms with Gasteiger partial charge in [-0.3, -0.25) is 0 Å². The first-order valence-corrected chi connectivity index (χ1v) is 10.8. The summed E-state index contributed by atoms with van der Waals surface area (Å²) in [7, 11) is 0. The lowest BCUT2D eigenvalue weighted by Gasteiger charge is -2.36. The Kier molecular flexibility index (Phi) is 5.83. The van der Waals surface area contributed by atoms with Crippen molar-refractivity contribution in [1.29, 1.82) is 0 Å². The van der Waals surface area contributed by atoms with Crippen LogP contribution in [0, 0.1) is 12.7 Å². The Morgan fingerprint density at radius 1 is 1.19 bits per heavy atom. The van der Waals surface area contributed by atoms with Crippen molar-refractivity contribution in [3.63, 3.8) is 0 Å².